The van der Waals surface area contributed by atoms with E-state index in [9.17, 15) is 5.11 Å². The van der Waals surface area contributed by atoms with Crippen LogP contribution in [0.5, 0.6) is 0 Å². The van der Waals surface area contributed by atoms with Crippen LogP contribution in [0.4, 0.5) is 0 Å². The molecule has 0 heterocycles. The highest BCUT2D eigenvalue weighted by Gasteiger charge is 2.49. The van der Waals surface area contributed by atoms with Gasteiger partial charge in [-0.1, -0.05) is 11.1 Å². The van der Waals surface area contributed by atoms with Gasteiger partial charge in [-0.3, -0.25) is 4.74 Å². The summed E-state index contributed by atoms with van der Waals surface area (Å²) < 4.78 is 4.94. The molecule has 0 spiro atoms. The fourth-order valence-electron chi connectivity index (χ4n) is 1.24. The van der Waals surface area contributed by atoms with Crippen molar-refractivity contribution in [2.75, 3.05) is 0 Å². The Kier molecular flexibility index (Phi) is 6.94. The molecule has 0 saturated carbocycles. The molecular weight excluding hydrogens is 272 g/mol. The van der Waals surface area contributed by atoms with Gasteiger partial charge in [-0.15, -0.1) is 0 Å². The zero-order valence-electron chi connectivity index (χ0n) is 12.4. The van der Waals surface area contributed by atoms with E-state index in [0.717, 1.165) is 0 Å². The van der Waals surface area contributed by atoms with E-state index in [1.54, 1.807) is 27.7 Å². The lowest BCUT2D eigenvalue weighted by Gasteiger charge is -2.35. The van der Waals surface area contributed by atoms with Crippen LogP contribution in [0.1, 0.15) is 41.5 Å². The average Bonchev–Trinajstić information content (AvgIpc) is 2.42. The van der Waals surface area contributed by atoms with Gasteiger partial charge in [0.2, 0.25) is 0 Å². The molecule has 20 heavy (non-hydrogen) atoms. The molecule has 0 aliphatic rings. The number of aliphatic hydroxyl groups is 1. The molecule has 8 nitrogen and oxygen atoms in total. The van der Waals surface area contributed by atoms with E-state index in [2.05, 4.69) is 14.7 Å². The van der Waals surface area contributed by atoms with E-state index in [1.807, 2.05) is 0 Å². The Morgan fingerprint density at radius 2 is 1.10 bits per heavy atom. The van der Waals surface area contributed by atoms with Crippen LogP contribution in [0, 0.1) is 0 Å². The van der Waals surface area contributed by atoms with Gasteiger partial charge < -0.3 is 5.11 Å². The molecule has 0 rings (SSSR count). The molecule has 0 amide bonds. The molecule has 0 fully saturated rings. The lowest BCUT2D eigenvalue weighted by atomic mass is 10.1. The first-order chi connectivity index (χ1) is 9.10. The van der Waals surface area contributed by atoms with Crippen LogP contribution in [0.3, 0.4) is 0 Å². The smallest absolute Gasteiger partial charge is 0.338 e. The molecular formula is C12H22O8. The van der Waals surface area contributed by atoms with Gasteiger partial charge in [0.15, 0.2) is 0 Å². The molecule has 0 aliphatic carbocycles. The maximum Gasteiger partial charge on any atom is 0.366 e. The molecule has 4 N–H and O–H groups in total. The Balaban J connectivity index is 5.81. The summed E-state index contributed by atoms with van der Waals surface area (Å²) in [5.41, 5.74) is 1.28. The molecule has 0 aromatic heterocycles. The highest BCUT2D eigenvalue weighted by atomic mass is 17.3. The largest absolute Gasteiger partial charge is 0.366 e. The minimum absolute atomic E-state index is 0.0695. The van der Waals surface area contributed by atoms with E-state index in [0.29, 0.717) is 11.1 Å². The van der Waals surface area contributed by atoms with E-state index >= 15 is 0 Å². The van der Waals surface area contributed by atoms with E-state index in [-0.39, 0.29) is 11.1 Å². The third kappa shape index (κ3) is 3.84. The SMILES string of the molecule is CC(C)=C(C)C(O)(OO)OC(OO)(OO)C(C)=C(C)C. The molecule has 0 aliphatic heterocycles. The van der Waals surface area contributed by atoms with E-state index < -0.39 is 11.9 Å². The van der Waals surface area contributed by atoms with Crippen LogP contribution in [0.15, 0.2) is 22.3 Å². The highest BCUT2D eigenvalue weighted by molar-refractivity contribution is 5.16. The van der Waals surface area contributed by atoms with Gasteiger partial charge >= 0.3 is 11.9 Å². The number of allylic oxidation sites excluding steroid dienone is 2. The van der Waals surface area contributed by atoms with Crippen molar-refractivity contribution < 1.29 is 40.3 Å². The Labute approximate surface area is 117 Å². The van der Waals surface area contributed by atoms with Crippen molar-refractivity contribution in [3.8, 4) is 0 Å². The summed E-state index contributed by atoms with van der Waals surface area (Å²) in [5.74, 6) is -5.26. The molecule has 0 radical (unpaired) electrons. The lowest BCUT2D eigenvalue weighted by molar-refractivity contribution is -0.605. The first-order valence-corrected chi connectivity index (χ1v) is 5.79. The fourth-order valence-corrected chi connectivity index (χ4v) is 1.24. The third-order valence-corrected chi connectivity index (χ3v) is 3.07. The van der Waals surface area contributed by atoms with Crippen LogP contribution < -0.4 is 0 Å². The second-order valence-electron chi connectivity index (χ2n) is 4.76. The van der Waals surface area contributed by atoms with Gasteiger partial charge in [0.1, 0.15) is 0 Å². The van der Waals surface area contributed by atoms with Gasteiger partial charge in [0, 0.05) is 11.1 Å². The highest BCUT2D eigenvalue weighted by Crippen LogP contribution is 2.34. The number of hydrogen-bond acceptors (Lipinski definition) is 8. The number of ether oxygens (including phenoxy) is 1. The lowest BCUT2D eigenvalue weighted by Crippen LogP contribution is -2.50. The zero-order chi connectivity index (χ0) is 16.1. The summed E-state index contributed by atoms with van der Waals surface area (Å²) in [5, 5.41) is 36.9. The van der Waals surface area contributed by atoms with E-state index in [4.69, 9.17) is 20.5 Å². The van der Waals surface area contributed by atoms with E-state index in [1.165, 1.54) is 13.8 Å². The van der Waals surface area contributed by atoms with Crippen molar-refractivity contribution in [2.24, 2.45) is 0 Å². The van der Waals surface area contributed by atoms with Gasteiger partial charge in [-0.25, -0.2) is 15.8 Å². The fraction of sp³-hybridized carbons (Fsp3) is 0.667. The molecule has 0 bridgehead atoms. The van der Waals surface area contributed by atoms with Crippen molar-refractivity contribution in [3.63, 3.8) is 0 Å². The monoisotopic (exact) mass is 294 g/mol. The molecule has 1 atom stereocenters. The van der Waals surface area contributed by atoms with Crippen LogP contribution >= 0.6 is 0 Å². The van der Waals surface area contributed by atoms with Crippen molar-refractivity contribution in [3.05, 3.63) is 22.3 Å². The molecule has 0 aromatic carbocycles. The quantitative estimate of drug-likeness (QED) is 0.245. The zero-order valence-corrected chi connectivity index (χ0v) is 12.4. The maximum atomic E-state index is 10.1. The average molecular weight is 294 g/mol. The van der Waals surface area contributed by atoms with Crippen LogP contribution in [-0.4, -0.2) is 32.8 Å². The Morgan fingerprint density at radius 1 is 0.700 bits per heavy atom. The Morgan fingerprint density at radius 3 is 1.35 bits per heavy atom. The molecule has 1 unspecified atom stereocenters. The van der Waals surface area contributed by atoms with Crippen molar-refractivity contribution in [1.29, 1.82) is 0 Å². The second-order valence-corrected chi connectivity index (χ2v) is 4.76. The first-order valence-electron chi connectivity index (χ1n) is 5.79. The van der Waals surface area contributed by atoms with Gasteiger partial charge in [-0.05, 0) is 41.5 Å². The second kappa shape index (κ2) is 7.25. The van der Waals surface area contributed by atoms with Crippen molar-refractivity contribution >= 4 is 0 Å². The first kappa shape index (κ1) is 19.2. The summed E-state index contributed by atoms with van der Waals surface area (Å²) in [6, 6.07) is 0. The summed E-state index contributed by atoms with van der Waals surface area (Å²) in [6.45, 7) is 9.31. The summed E-state index contributed by atoms with van der Waals surface area (Å²) in [6.07, 6.45) is 0. The van der Waals surface area contributed by atoms with Crippen LogP contribution in [0.25, 0.3) is 0 Å². The standard InChI is InChI=1S/C12H22O8/c1-7(2)9(5)11(13,18-14)17-12(19-15,20-16)10(6)8(3)4/h13-16H,1-6H3. The molecule has 0 saturated heterocycles. The van der Waals surface area contributed by atoms with Gasteiger partial charge in [-0.2, -0.15) is 14.7 Å². The third-order valence-electron chi connectivity index (χ3n) is 3.07. The predicted molar refractivity (Wildman–Crippen MR) is 68.0 cm³/mol. The molecule has 118 valence electrons. The van der Waals surface area contributed by atoms with Crippen molar-refractivity contribution in [1.82, 2.24) is 0 Å². The van der Waals surface area contributed by atoms with Crippen LogP contribution in [0.2, 0.25) is 0 Å². The number of hydrogen-bond donors (Lipinski definition) is 4. The topological polar surface area (TPSA) is 118 Å². The number of rotatable bonds is 7. The Hall–Kier alpha value is -0.840. The van der Waals surface area contributed by atoms with Gasteiger partial charge in [0.05, 0.1) is 0 Å². The Bertz CT molecular complexity index is 388. The summed E-state index contributed by atoms with van der Waals surface area (Å²) in [4.78, 5) is 11.9. The minimum Gasteiger partial charge on any atom is -0.338 e. The predicted octanol–water partition coefficient (Wildman–Crippen LogP) is 2.48. The van der Waals surface area contributed by atoms with Crippen molar-refractivity contribution in [2.45, 2.75) is 53.5 Å². The summed E-state index contributed by atoms with van der Waals surface area (Å²) in [7, 11) is 0. The maximum absolute atomic E-state index is 10.1. The van der Waals surface area contributed by atoms with Gasteiger partial charge in [0.25, 0.3) is 0 Å². The summed E-state index contributed by atoms with van der Waals surface area (Å²) >= 11 is 0. The minimum atomic E-state index is -2.69. The normalized spacial score (nSPS) is 14.7. The molecule has 8 heteroatoms. The van der Waals surface area contributed by atoms with Crippen LogP contribution in [-0.2, 0) is 19.4 Å². The molecule has 0 aromatic rings.